The van der Waals surface area contributed by atoms with Gasteiger partial charge >= 0.3 is 12.1 Å². The second-order valence-electron chi connectivity index (χ2n) is 11.0. The molecule has 1 aromatic carbocycles. The number of carboxylic acids is 1. The monoisotopic (exact) mass is 585 g/mol. The van der Waals surface area contributed by atoms with Crippen LogP contribution in [0.4, 0.5) is 24.9 Å². The lowest BCUT2D eigenvalue weighted by molar-refractivity contribution is -0.198. The number of benzene rings is 1. The number of aromatic nitrogens is 4. The van der Waals surface area contributed by atoms with Gasteiger partial charge in [-0.2, -0.15) is 28.2 Å². The van der Waals surface area contributed by atoms with E-state index in [2.05, 4.69) is 20.4 Å². The van der Waals surface area contributed by atoms with Crippen molar-refractivity contribution in [3.63, 3.8) is 0 Å². The molecule has 2 aliphatic rings. The van der Waals surface area contributed by atoms with Crippen LogP contribution in [0.1, 0.15) is 55.5 Å². The Labute approximate surface area is 241 Å². The number of carboxylic acid groups (broad SMARTS) is 1. The first-order valence-electron chi connectivity index (χ1n) is 13.9. The van der Waals surface area contributed by atoms with Gasteiger partial charge in [-0.25, -0.2) is 4.68 Å². The molecule has 2 aromatic heterocycles. The maximum Gasteiger partial charge on any atom is 0.429 e. The number of carbonyl (C=O) groups is 1. The molecule has 0 aliphatic carbocycles. The zero-order chi connectivity index (χ0) is 30.1. The number of piperidine rings is 1. The lowest BCUT2D eigenvalue weighted by Crippen LogP contribution is -2.41. The third kappa shape index (κ3) is 6.35. The van der Waals surface area contributed by atoms with Crippen LogP contribution < -0.4 is 20.7 Å². The first-order chi connectivity index (χ1) is 20.0. The van der Waals surface area contributed by atoms with Gasteiger partial charge in [0.25, 0.3) is 0 Å². The van der Waals surface area contributed by atoms with Gasteiger partial charge in [0.1, 0.15) is 11.9 Å². The summed E-state index contributed by atoms with van der Waals surface area (Å²) in [7, 11) is 0. The maximum atomic E-state index is 14.7. The summed E-state index contributed by atoms with van der Waals surface area (Å²) >= 11 is 0. The van der Waals surface area contributed by atoms with E-state index in [1.807, 2.05) is 17.9 Å². The Hall–Kier alpha value is -4.13. The van der Waals surface area contributed by atoms with E-state index in [1.165, 1.54) is 16.8 Å². The zero-order valence-electron chi connectivity index (χ0n) is 23.4. The van der Waals surface area contributed by atoms with Crippen molar-refractivity contribution in [1.82, 2.24) is 25.1 Å². The van der Waals surface area contributed by atoms with Crippen LogP contribution >= 0.6 is 0 Å². The Bertz CT molecular complexity index is 1460. The van der Waals surface area contributed by atoms with Crippen molar-refractivity contribution in [3.8, 4) is 11.6 Å². The number of allylic oxidation sites excluding steroid dienone is 1. The standard InChI is InChI=1S/C29H34F3N7O3/c1-3-4-5-19-6-7-22(39-11-8-18(2)37-39)20(14-19)25(29(30,31)32)42-24-15-23(35-27(33)36-24)38-12-9-28(10-13-38)16-21(26(40)41)34-17-28/h4-8,11,14-15,21,25,34H,3,9-10,12-13,16-17H2,1-2H3,(H,40,41)(H2,33,35,36)/t21?,25-/m1/s1. The Balaban J connectivity index is 1.44. The van der Waals surface area contributed by atoms with Crippen molar-refractivity contribution in [2.24, 2.45) is 5.41 Å². The van der Waals surface area contributed by atoms with Gasteiger partial charge in [-0.1, -0.05) is 25.1 Å². The van der Waals surface area contributed by atoms with E-state index in [4.69, 9.17) is 10.5 Å². The SMILES string of the molecule is CCC=Cc1ccc(-n2ccc(C)n2)c([C@@H](Oc2cc(N3CCC4(CC3)CNC(C(=O)O)C4)nc(N)n2)C(F)(F)F)c1. The van der Waals surface area contributed by atoms with Crippen LogP contribution in [0.15, 0.2) is 42.6 Å². The Morgan fingerprint density at radius 1 is 1.26 bits per heavy atom. The highest BCUT2D eigenvalue weighted by Gasteiger charge is 2.46. The minimum absolute atomic E-state index is 0.121. The fourth-order valence-corrected chi connectivity index (χ4v) is 5.66. The van der Waals surface area contributed by atoms with Crippen LogP contribution in [-0.2, 0) is 4.79 Å². The minimum Gasteiger partial charge on any atom is -0.480 e. The predicted molar refractivity (Wildman–Crippen MR) is 151 cm³/mol. The highest BCUT2D eigenvalue weighted by Crippen LogP contribution is 2.42. The van der Waals surface area contributed by atoms with E-state index in [-0.39, 0.29) is 28.5 Å². The maximum absolute atomic E-state index is 14.7. The molecule has 3 aromatic rings. The van der Waals surface area contributed by atoms with E-state index in [0.29, 0.717) is 56.0 Å². The smallest absolute Gasteiger partial charge is 0.429 e. The number of nitrogen functional groups attached to an aromatic ring is 1. The van der Waals surface area contributed by atoms with Gasteiger partial charge in [-0.3, -0.25) is 4.79 Å². The van der Waals surface area contributed by atoms with Crippen LogP contribution in [0.3, 0.4) is 0 Å². The number of halogens is 3. The van der Waals surface area contributed by atoms with Crippen molar-refractivity contribution >= 4 is 23.8 Å². The molecule has 1 unspecified atom stereocenters. The fraction of sp³-hybridized carbons (Fsp3) is 0.448. The molecule has 2 atom stereocenters. The van der Waals surface area contributed by atoms with Crippen LogP contribution in [0.25, 0.3) is 11.8 Å². The van der Waals surface area contributed by atoms with Gasteiger partial charge in [0, 0.05) is 37.5 Å². The molecule has 0 amide bonds. The quantitative estimate of drug-likeness (QED) is 0.345. The summed E-state index contributed by atoms with van der Waals surface area (Å²) < 4.78 is 51.1. The minimum atomic E-state index is -4.79. The summed E-state index contributed by atoms with van der Waals surface area (Å²) in [4.78, 5) is 21.6. The summed E-state index contributed by atoms with van der Waals surface area (Å²) in [6, 6.07) is 7.29. The van der Waals surface area contributed by atoms with E-state index in [9.17, 15) is 23.1 Å². The van der Waals surface area contributed by atoms with E-state index < -0.39 is 24.3 Å². The van der Waals surface area contributed by atoms with E-state index in [0.717, 1.165) is 6.42 Å². The topological polar surface area (TPSA) is 131 Å². The number of nitrogens with one attached hydrogen (secondary N) is 1. The molecule has 224 valence electrons. The average Bonchev–Trinajstić information content (AvgIpc) is 3.56. The first kappa shape index (κ1) is 29.4. The largest absolute Gasteiger partial charge is 0.480 e. The molecular formula is C29H34F3N7O3. The summed E-state index contributed by atoms with van der Waals surface area (Å²) in [5, 5.41) is 16.8. The third-order valence-corrected chi connectivity index (χ3v) is 7.90. The molecule has 1 spiro atoms. The number of anilines is 2. The van der Waals surface area contributed by atoms with Crippen molar-refractivity contribution in [2.45, 2.75) is 57.9 Å². The number of aryl methyl sites for hydroxylation is 1. The molecule has 4 N–H and O–H groups in total. The van der Waals surface area contributed by atoms with Gasteiger partial charge in [0.2, 0.25) is 17.9 Å². The van der Waals surface area contributed by atoms with E-state index >= 15 is 0 Å². The molecule has 2 aliphatic heterocycles. The molecule has 13 heteroatoms. The van der Waals surface area contributed by atoms with Gasteiger partial charge in [0.15, 0.2) is 0 Å². The van der Waals surface area contributed by atoms with Crippen molar-refractivity contribution in [1.29, 1.82) is 0 Å². The molecule has 2 fully saturated rings. The van der Waals surface area contributed by atoms with Crippen LogP contribution in [0.2, 0.25) is 0 Å². The molecule has 2 saturated heterocycles. The number of nitrogens with zero attached hydrogens (tertiary/aromatic N) is 5. The molecule has 5 rings (SSSR count). The number of hydrogen-bond acceptors (Lipinski definition) is 8. The molecule has 42 heavy (non-hydrogen) atoms. The number of alkyl halides is 3. The van der Waals surface area contributed by atoms with Crippen molar-refractivity contribution in [3.05, 3.63) is 59.4 Å². The highest BCUT2D eigenvalue weighted by atomic mass is 19.4. The molecular weight excluding hydrogens is 551 g/mol. The Morgan fingerprint density at radius 2 is 2.02 bits per heavy atom. The summed E-state index contributed by atoms with van der Waals surface area (Å²) in [5.41, 5.74) is 7.17. The lowest BCUT2D eigenvalue weighted by Gasteiger charge is -2.39. The van der Waals surface area contributed by atoms with Gasteiger partial charge in [0.05, 0.1) is 11.4 Å². The number of hydrogen-bond donors (Lipinski definition) is 3. The molecule has 0 saturated carbocycles. The highest BCUT2D eigenvalue weighted by molar-refractivity contribution is 5.74. The second kappa shape index (κ2) is 11.6. The van der Waals surface area contributed by atoms with Gasteiger partial charge in [-0.15, -0.1) is 0 Å². The molecule has 4 heterocycles. The normalized spacial score (nSPS) is 19.5. The summed E-state index contributed by atoms with van der Waals surface area (Å²) in [6.45, 7) is 5.39. The van der Waals surface area contributed by atoms with Crippen LogP contribution in [-0.4, -0.2) is 62.7 Å². The average molecular weight is 586 g/mol. The second-order valence-corrected chi connectivity index (χ2v) is 11.0. The first-order valence-corrected chi connectivity index (χ1v) is 13.9. The third-order valence-electron chi connectivity index (χ3n) is 7.90. The molecule has 10 nitrogen and oxygen atoms in total. The lowest BCUT2D eigenvalue weighted by atomic mass is 9.76. The van der Waals surface area contributed by atoms with Crippen molar-refractivity contribution in [2.75, 3.05) is 30.3 Å². The number of nitrogens with two attached hydrogens (primary N) is 1. The summed E-state index contributed by atoms with van der Waals surface area (Å²) in [6.07, 6.45) is 0.751. The summed E-state index contributed by atoms with van der Waals surface area (Å²) in [5.74, 6) is -1.02. The van der Waals surface area contributed by atoms with Crippen LogP contribution in [0, 0.1) is 12.3 Å². The predicted octanol–water partition coefficient (Wildman–Crippen LogP) is 4.69. The van der Waals surface area contributed by atoms with Gasteiger partial charge < -0.3 is 25.8 Å². The van der Waals surface area contributed by atoms with Crippen molar-refractivity contribution < 1.29 is 27.8 Å². The Morgan fingerprint density at radius 3 is 2.64 bits per heavy atom. The Kier molecular flexibility index (Phi) is 8.13. The number of rotatable bonds is 8. The molecule has 0 bridgehead atoms. The molecule has 0 radical (unpaired) electrons. The zero-order valence-corrected chi connectivity index (χ0v) is 23.4. The van der Waals surface area contributed by atoms with E-state index in [1.54, 1.807) is 37.4 Å². The number of ether oxygens (including phenoxy) is 1. The fourth-order valence-electron chi connectivity index (χ4n) is 5.66. The number of aliphatic carboxylic acids is 1. The van der Waals surface area contributed by atoms with Crippen LogP contribution in [0.5, 0.6) is 5.88 Å². The van der Waals surface area contributed by atoms with Gasteiger partial charge in [-0.05, 0) is 61.8 Å².